The van der Waals surface area contributed by atoms with Crippen molar-refractivity contribution in [2.75, 3.05) is 5.73 Å². The number of hydrogen-bond donors (Lipinski definition) is 2. The van der Waals surface area contributed by atoms with E-state index in [1.54, 1.807) is 0 Å². The number of nitrogens with two attached hydrogens (primary N) is 1. The van der Waals surface area contributed by atoms with Gasteiger partial charge in [-0.15, -0.1) is 11.3 Å². The van der Waals surface area contributed by atoms with E-state index in [1.807, 2.05) is 6.07 Å². The first-order chi connectivity index (χ1) is 9.97. The number of hydrogen-bond acceptors (Lipinski definition) is 3. The molecule has 0 spiro atoms. The summed E-state index contributed by atoms with van der Waals surface area (Å²) in [6, 6.07) is 5.24. The average Bonchev–Trinajstić information content (AvgIpc) is 2.94. The molecule has 0 aliphatic carbocycles. The Morgan fingerprint density at radius 2 is 1.95 bits per heavy atom. The molecule has 0 saturated heterocycles. The molecule has 0 saturated carbocycles. The fourth-order valence-corrected chi connectivity index (χ4v) is 4.01. The second kappa shape index (κ2) is 5.51. The molecule has 0 bridgehead atoms. The molecular weight excluding hydrogens is 428 g/mol. The van der Waals surface area contributed by atoms with E-state index in [0.717, 1.165) is 19.2 Å². The van der Waals surface area contributed by atoms with Crippen LogP contribution in [0.25, 0.3) is 21.7 Å². The van der Waals surface area contributed by atoms with E-state index >= 15 is 0 Å². The Morgan fingerprint density at radius 3 is 2.57 bits per heavy atom. The van der Waals surface area contributed by atoms with E-state index in [0.29, 0.717) is 11.3 Å². The Balaban J connectivity index is 2.21. The Labute approximate surface area is 139 Å². The lowest BCUT2D eigenvalue weighted by Gasteiger charge is -2.04. The van der Waals surface area contributed by atoms with Gasteiger partial charge >= 0.3 is 0 Å². The van der Waals surface area contributed by atoms with Crippen molar-refractivity contribution in [3.8, 4) is 21.7 Å². The van der Waals surface area contributed by atoms with Crippen LogP contribution < -0.4 is 5.73 Å². The molecule has 0 fully saturated rings. The SMILES string of the molecule is Nc1n[nH]c(-c2cc(Br)c(Br)s2)c1-c1ccc(F)cc1F. The molecule has 3 rings (SSSR count). The number of thiophene rings is 1. The van der Waals surface area contributed by atoms with Crippen LogP contribution in [0.5, 0.6) is 0 Å². The molecule has 0 amide bonds. The minimum atomic E-state index is -0.681. The van der Waals surface area contributed by atoms with E-state index in [1.165, 1.54) is 23.5 Å². The van der Waals surface area contributed by atoms with E-state index in [-0.39, 0.29) is 11.4 Å². The van der Waals surface area contributed by atoms with Gasteiger partial charge in [-0.2, -0.15) is 5.10 Å². The Bertz CT molecular complexity index is 809. The van der Waals surface area contributed by atoms with Crippen LogP contribution in [-0.2, 0) is 0 Å². The van der Waals surface area contributed by atoms with Crippen molar-refractivity contribution in [3.63, 3.8) is 0 Å². The number of nitrogens with zero attached hydrogens (tertiary/aromatic N) is 1. The van der Waals surface area contributed by atoms with Crippen LogP contribution in [0.1, 0.15) is 0 Å². The van der Waals surface area contributed by atoms with Gasteiger partial charge in [0.15, 0.2) is 5.82 Å². The standard InChI is InChI=1S/C13H7Br2F2N3S/c14-7-4-9(21-12(7)15)11-10(13(18)20-19-11)6-2-1-5(16)3-8(6)17/h1-4H,(H3,18,19,20). The number of nitrogens with one attached hydrogen (secondary N) is 1. The van der Waals surface area contributed by atoms with Crippen LogP contribution in [0.4, 0.5) is 14.6 Å². The first kappa shape index (κ1) is 14.7. The highest BCUT2D eigenvalue weighted by atomic mass is 79.9. The van der Waals surface area contributed by atoms with Gasteiger partial charge in [-0.3, -0.25) is 5.10 Å². The molecule has 108 valence electrons. The number of H-pyrrole nitrogens is 1. The van der Waals surface area contributed by atoms with Gasteiger partial charge in [-0.25, -0.2) is 8.78 Å². The van der Waals surface area contributed by atoms with Gasteiger partial charge in [-0.05, 0) is 50.1 Å². The highest BCUT2D eigenvalue weighted by Gasteiger charge is 2.20. The van der Waals surface area contributed by atoms with Gasteiger partial charge < -0.3 is 5.73 Å². The van der Waals surface area contributed by atoms with Gasteiger partial charge in [0.25, 0.3) is 0 Å². The van der Waals surface area contributed by atoms with E-state index in [4.69, 9.17) is 5.73 Å². The van der Waals surface area contributed by atoms with Crippen molar-refractivity contribution in [2.45, 2.75) is 0 Å². The predicted molar refractivity (Wildman–Crippen MR) is 87.1 cm³/mol. The highest BCUT2D eigenvalue weighted by Crippen LogP contribution is 2.43. The second-order valence-electron chi connectivity index (χ2n) is 4.22. The van der Waals surface area contributed by atoms with Crippen molar-refractivity contribution in [2.24, 2.45) is 0 Å². The molecule has 21 heavy (non-hydrogen) atoms. The Hall–Kier alpha value is -1.25. The summed E-state index contributed by atoms with van der Waals surface area (Å²) in [4.78, 5) is 0.830. The second-order valence-corrected chi connectivity index (χ2v) is 7.44. The average molecular weight is 435 g/mol. The van der Waals surface area contributed by atoms with E-state index in [2.05, 4.69) is 42.1 Å². The quantitative estimate of drug-likeness (QED) is 0.583. The third-order valence-corrected chi connectivity index (χ3v) is 6.16. The van der Waals surface area contributed by atoms with Crippen LogP contribution >= 0.6 is 43.2 Å². The molecule has 3 aromatic rings. The van der Waals surface area contributed by atoms with Crippen molar-refractivity contribution in [1.29, 1.82) is 0 Å². The summed E-state index contributed by atoms with van der Waals surface area (Å²) in [6.45, 7) is 0. The normalized spacial score (nSPS) is 11.0. The summed E-state index contributed by atoms with van der Waals surface area (Å²) in [6.07, 6.45) is 0. The molecule has 1 aromatic carbocycles. The van der Waals surface area contributed by atoms with E-state index in [9.17, 15) is 8.78 Å². The first-order valence-electron chi connectivity index (χ1n) is 5.72. The molecule has 3 N–H and O–H groups in total. The van der Waals surface area contributed by atoms with Crippen molar-refractivity contribution in [1.82, 2.24) is 10.2 Å². The minimum absolute atomic E-state index is 0.163. The fraction of sp³-hybridized carbons (Fsp3) is 0. The number of halogens is 4. The summed E-state index contributed by atoms with van der Waals surface area (Å²) in [7, 11) is 0. The van der Waals surface area contributed by atoms with Crippen molar-refractivity contribution >= 4 is 49.0 Å². The summed E-state index contributed by atoms with van der Waals surface area (Å²) in [5.74, 6) is -1.16. The van der Waals surface area contributed by atoms with Crippen LogP contribution in [0.15, 0.2) is 32.5 Å². The smallest absolute Gasteiger partial charge is 0.153 e. The predicted octanol–water partition coefficient (Wildman–Crippen LogP) is 5.19. The maximum Gasteiger partial charge on any atom is 0.153 e. The lowest BCUT2D eigenvalue weighted by atomic mass is 10.0. The summed E-state index contributed by atoms with van der Waals surface area (Å²) in [5.41, 5.74) is 7.06. The molecule has 0 atom stereocenters. The molecule has 0 aliphatic heterocycles. The zero-order valence-corrected chi connectivity index (χ0v) is 14.2. The molecule has 3 nitrogen and oxygen atoms in total. The molecular formula is C13H7Br2F2N3S. The fourth-order valence-electron chi connectivity index (χ4n) is 1.97. The number of anilines is 1. The molecule has 0 unspecified atom stereocenters. The van der Waals surface area contributed by atoms with Crippen molar-refractivity contribution in [3.05, 3.63) is 44.2 Å². The molecule has 2 heterocycles. The zero-order chi connectivity index (χ0) is 15.1. The van der Waals surface area contributed by atoms with Gasteiger partial charge in [0.2, 0.25) is 0 Å². The summed E-state index contributed by atoms with van der Waals surface area (Å²) in [5, 5.41) is 6.74. The monoisotopic (exact) mass is 433 g/mol. The first-order valence-corrected chi connectivity index (χ1v) is 8.12. The van der Waals surface area contributed by atoms with Gasteiger partial charge in [0.1, 0.15) is 11.6 Å². The van der Waals surface area contributed by atoms with Crippen LogP contribution in [0, 0.1) is 11.6 Å². The lowest BCUT2D eigenvalue weighted by molar-refractivity contribution is 0.585. The number of rotatable bonds is 2. The van der Waals surface area contributed by atoms with Gasteiger partial charge in [0, 0.05) is 16.1 Å². The minimum Gasteiger partial charge on any atom is -0.382 e. The van der Waals surface area contributed by atoms with Crippen LogP contribution in [0.2, 0.25) is 0 Å². The topological polar surface area (TPSA) is 54.7 Å². The third-order valence-electron chi connectivity index (χ3n) is 2.89. The molecule has 0 radical (unpaired) electrons. The van der Waals surface area contributed by atoms with Crippen LogP contribution in [-0.4, -0.2) is 10.2 Å². The summed E-state index contributed by atoms with van der Waals surface area (Å²) >= 11 is 8.25. The number of aromatic amines is 1. The van der Waals surface area contributed by atoms with Gasteiger partial charge in [-0.1, -0.05) is 0 Å². The van der Waals surface area contributed by atoms with Crippen molar-refractivity contribution < 1.29 is 8.78 Å². The van der Waals surface area contributed by atoms with Crippen LogP contribution in [0.3, 0.4) is 0 Å². The number of aromatic nitrogens is 2. The highest BCUT2D eigenvalue weighted by molar-refractivity contribution is 9.13. The molecule has 8 heteroatoms. The molecule has 0 aliphatic rings. The summed E-state index contributed by atoms with van der Waals surface area (Å²) < 4.78 is 28.9. The largest absolute Gasteiger partial charge is 0.382 e. The van der Waals surface area contributed by atoms with E-state index < -0.39 is 11.6 Å². The molecule has 2 aromatic heterocycles. The number of benzene rings is 1. The number of nitrogen functional groups attached to an aromatic ring is 1. The Morgan fingerprint density at radius 1 is 1.19 bits per heavy atom. The van der Waals surface area contributed by atoms with Gasteiger partial charge in [0.05, 0.1) is 19.9 Å². The lowest BCUT2D eigenvalue weighted by Crippen LogP contribution is -1.92. The maximum absolute atomic E-state index is 14.0. The Kier molecular flexibility index (Phi) is 3.85. The third kappa shape index (κ3) is 2.63. The zero-order valence-electron chi connectivity index (χ0n) is 10.3. The maximum atomic E-state index is 14.0.